The molecule has 2 heterocycles. The van der Waals surface area contributed by atoms with Crippen molar-refractivity contribution in [2.45, 2.75) is 50.6 Å². The van der Waals surface area contributed by atoms with E-state index in [0.717, 1.165) is 28.6 Å². The number of rotatable bonds is 6. The zero-order valence-corrected chi connectivity index (χ0v) is 20.8. The molecule has 1 saturated heterocycles. The van der Waals surface area contributed by atoms with Crippen molar-refractivity contribution in [3.8, 4) is 11.1 Å². The van der Waals surface area contributed by atoms with E-state index in [4.69, 9.17) is 16.3 Å². The highest BCUT2D eigenvalue weighted by Crippen LogP contribution is 2.34. The van der Waals surface area contributed by atoms with E-state index in [1.54, 1.807) is 0 Å². The first-order valence-electron chi connectivity index (χ1n) is 12.5. The number of benzene rings is 2. The Morgan fingerprint density at radius 3 is 2.63 bits per heavy atom. The van der Waals surface area contributed by atoms with Crippen molar-refractivity contribution in [1.82, 2.24) is 15.2 Å². The Kier molecular flexibility index (Phi) is 7.12. The van der Waals surface area contributed by atoms with Gasteiger partial charge >= 0.3 is 5.97 Å². The number of carbonyl (C=O) groups excluding carboxylic acids is 2. The van der Waals surface area contributed by atoms with Gasteiger partial charge in [-0.1, -0.05) is 61.2 Å². The van der Waals surface area contributed by atoms with E-state index in [1.165, 1.54) is 39.2 Å². The van der Waals surface area contributed by atoms with Crippen molar-refractivity contribution in [2.24, 2.45) is 5.92 Å². The van der Waals surface area contributed by atoms with E-state index >= 15 is 0 Å². The summed E-state index contributed by atoms with van der Waals surface area (Å²) in [7, 11) is 1.44. The number of hydrogen-bond acceptors (Lipinski definition) is 4. The minimum Gasteiger partial charge on any atom is -0.468 e. The van der Waals surface area contributed by atoms with E-state index in [-0.39, 0.29) is 24.0 Å². The fourth-order valence-corrected chi connectivity index (χ4v) is 5.96. The fraction of sp³-hybridized carbons (Fsp3) is 0.429. The van der Waals surface area contributed by atoms with Gasteiger partial charge < -0.3 is 15.0 Å². The summed E-state index contributed by atoms with van der Waals surface area (Å²) in [5, 5.41) is 4.73. The number of nitrogens with one attached hydrogen (secondary N) is 2. The summed E-state index contributed by atoms with van der Waals surface area (Å²) < 4.78 is 5.11. The number of ether oxygens (including phenoxy) is 1. The molecule has 184 valence electrons. The molecule has 1 aliphatic carbocycles. The number of nitrogens with zero attached hydrogens (tertiary/aromatic N) is 1. The summed E-state index contributed by atoms with van der Waals surface area (Å²) in [5.41, 5.74) is 3.15. The SMILES string of the molecule is COC(=O)[C@@H]1C[C@H](NC(=O)c2[nH]c3ccc(Cl)cc3c2-c2ccccc2)CN1CC1CCCCC1. The number of methoxy groups -OCH3 is 1. The number of halogens is 1. The van der Waals surface area contributed by atoms with Crippen LogP contribution in [0, 0.1) is 5.92 Å². The highest BCUT2D eigenvalue weighted by molar-refractivity contribution is 6.31. The molecule has 2 aliphatic rings. The number of amides is 1. The zero-order valence-electron chi connectivity index (χ0n) is 20.1. The molecule has 1 saturated carbocycles. The number of hydrogen-bond donors (Lipinski definition) is 2. The molecule has 5 rings (SSSR count). The monoisotopic (exact) mass is 493 g/mol. The number of likely N-dealkylation sites (tertiary alicyclic amines) is 1. The molecule has 0 unspecified atom stereocenters. The molecular formula is C28H32ClN3O3. The zero-order chi connectivity index (χ0) is 24.4. The molecule has 0 bridgehead atoms. The van der Waals surface area contributed by atoms with Gasteiger partial charge in [0.2, 0.25) is 0 Å². The largest absolute Gasteiger partial charge is 0.468 e. The van der Waals surface area contributed by atoms with Gasteiger partial charge in [-0.3, -0.25) is 14.5 Å². The number of fused-ring (bicyclic) bond motifs is 1. The van der Waals surface area contributed by atoms with Crippen LogP contribution >= 0.6 is 11.6 Å². The topological polar surface area (TPSA) is 74.4 Å². The maximum absolute atomic E-state index is 13.6. The van der Waals surface area contributed by atoms with E-state index in [1.807, 2.05) is 48.5 Å². The van der Waals surface area contributed by atoms with Crippen LogP contribution in [0.5, 0.6) is 0 Å². The number of carbonyl (C=O) groups is 2. The van der Waals surface area contributed by atoms with Crippen molar-refractivity contribution in [1.29, 1.82) is 0 Å². The second-order valence-corrected chi connectivity index (χ2v) is 10.3. The van der Waals surface area contributed by atoms with Gasteiger partial charge in [-0.2, -0.15) is 0 Å². The molecule has 35 heavy (non-hydrogen) atoms. The minimum absolute atomic E-state index is 0.131. The Morgan fingerprint density at radius 1 is 1.11 bits per heavy atom. The standard InChI is InChI=1S/C28H32ClN3O3/c1-35-28(34)24-15-21(17-32(24)16-18-8-4-2-5-9-18)30-27(33)26-25(19-10-6-3-7-11-19)22-14-20(29)12-13-23(22)31-26/h3,6-7,10-14,18,21,24,31H,2,4-5,8-9,15-17H2,1H3,(H,30,33)/t21-,24-/m0/s1. The van der Waals surface area contributed by atoms with Crippen molar-refractivity contribution < 1.29 is 14.3 Å². The number of H-pyrrole nitrogens is 1. The molecule has 1 amide bonds. The first-order valence-corrected chi connectivity index (χ1v) is 12.9. The van der Waals surface area contributed by atoms with Crippen LogP contribution < -0.4 is 5.32 Å². The third-order valence-electron chi connectivity index (χ3n) is 7.48. The van der Waals surface area contributed by atoms with Crippen LogP contribution in [0.2, 0.25) is 5.02 Å². The molecule has 1 aliphatic heterocycles. The van der Waals surface area contributed by atoms with Crippen LogP contribution in [0.1, 0.15) is 49.0 Å². The molecule has 2 atom stereocenters. The van der Waals surface area contributed by atoms with Crippen LogP contribution in [-0.2, 0) is 9.53 Å². The summed E-state index contributed by atoms with van der Waals surface area (Å²) in [4.78, 5) is 31.7. The second kappa shape index (κ2) is 10.4. The summed E-state index contributed by atoms with van der Waals surface area (Å²) in [6, 6.07) is 15.0. The first kappa shape index (κ1) is 23.9. The molecule has 7 heteroatoms. The number of aromatic nitrogens is 1. The average Bonchev–Trinajstić information content (AvgIpc) is 3.45. The molecule has 2 aromatic carbocycles. The van der Waals surface area contributed by atoms with E-state index in [2.05, 4.69) is 15.2 Å². The van der Waals surface area contributed by atoms with Crippen molar-refractivity contribution in [3.05, 3.63) is 59.2 Å². The summed E-state index contributed by atoms with van der Waals surface area (Å²) in [6.07, 6.45) is 6.79. The predicted molar refractivity (Wildman–Crippen MR) is 139 cm³/mol. The molecule has 6 nitrogen and oxygen atoms in total. The summed E-state index contributed by atoms with van der Waals surface area (Å²) in [6.45, 7) is 1.53. The van der Waals surface area contributed by atoms with Gasteiger partial charge in [-0.25, -0.2) is 0 Å². The quantitative estimate of drug-likeness (QED) is 0.450. The molecule has 3 aromatic rings. The van der Waals surface area contributed by atoms with Crippen LogP contribution in [-0.4, -0.2) is 54.0 Å². The van der Waals surface area contributed by atoms with Crippen LogP contribution in [0.3, 0.4) is 0 Å². The molecular weight excluding hydrogens is 462 g/mol. The van der Waals surface area contributed by atoms with Gasteiger partial charge in [0.05, 0.1) is 7.11 Å². The van der Waals surface area contributed by atoms with E-state index in [9.17, 15) is 9.59 Å². The van der Waals surface area contributed by atoms with Gasteiger partial charge in [0.15, 0.2) is 0 Å². The molecule has 0 spiro atoms. The lowest BCUT2D eigenvalue weighted by Gasteiger charge is -2.29. The summed E-state index contributed by atoms with van der Waals surface area (Å²) in [5.74, 6) is 0.209. The molecule has 2 fully saturated rings. The van der Waals surface area contributed by atoms with Crippen molar-refractivity contribution >= 4 is 34.4 Å². The van der Waals surface area contributed by atoms with Crippen LogP contribution in [0.25, 0.3) is 22.0 Å². The molecule has 0 radical (unpaired) electrons. The average molecular weight is 494 g/mol. The number of aromatic amines is 1. The number of esters is 1. The van der Waals surface area contributed by atoms with Crippen molar-refractivity contribution in [3.63, 3.8) is 0 Å². The maximum Gasteiger partial charge on any atom is 0.323 e. The van der Waals surface area contributed by atoms with Crippen LogP contribution in [0.15, 0.2) is 48.5 Å². The predicted octanol–water partition coefficient (Wildman–Crippen LogP) is 5.41. The second-order valence-electron chi connectivity index (χ2n) is 9.83. The normalized spacial score (nSPS) is 21.3. The van der Waals surface area contributed by atoms with E-state index < -0.39 is 0 Å². The fourth-order valence-electron chi connectivity index (χ4n) is 5.79. The third kappa shape index (κ3) is 5.09. The maximum atomic E-state index is 13.6. The lowest BCUT2D eigenvalue weighted by Crippen LogP contribution is -2.41. The van der Waals surface area contributed by atoms with Gasteiger partial charge in [0, 0.05) is 40.6 Å². The molecule has 2 N–H and O–H groups in total. The third-order valence-corrected chi connectivity index (χ3v) is 7.71. The van der Waals surface area contributed by atoms with Crippen LogP contribution in [0.4, 0.5) is 0 Å². The van der Waals surface area contributed by atoms with Gasteiger partial charge in [-0.15, -0.1) is 0 Å². The summed E-state index contributed by atoms with van der Waals surface area (Å²) >= 11 is 6.30. The Hall–Kier alpha value is -2.83. The highest BCUT2D eigenvalue weighted by atomic mass is 35.5. The first-order chi connectivity index (χ1) is 17.0. The molecule has 1 aromatic heterocycles. The Morgan fingerprint density at radius 2 is 1.89 bits per heavy atom. The smallest absolute Gasteiger partial charge is 0.323 e. The Labute approximate surface area is 211 Å². The lowest BCUT2D eigenvalue weighted by atomic mass is 9.89. The highest BCUT2D eigenvalue weighted by Gasteiger charge is 2.39. The minimum atomic E-state index is -0.317. The Balaban J connectivity index is 1.39. The van der Waals surface area contributed by atoms with E-state index in [0.29, 0.717) is 29.6 Å². The van der Waals surface area contributed by atoms with Gasteiger partial charge in [0.1, 0.15) is 11.7 Å². The lowest BCUT2D eigenvalue weighted by molar-refractivity contribution is -0.146. The van der Waals surface area contributed by atoms with Gasteiger partial charge in [0.25, 0.3) is 5.91 Å². The Bertz CT molecular complexity index is 1200. The van der Waals surface area contributed by atoms with Gasteiger partial charge in [-0.05, 0) is 48.9 Å². The van der Waals surface area contributed by atoms with Crippen molar-refractivity contribution in [2.75, 3.05) is 20.2 Å².